The van der Waals surface area contributed by atoms with Gasteiger partial charge in [-0.25, -0.2) is 8.42 Å². The van der Waals surface area contributed by atoms with Crippen LogP contribution >= 0.6 is 27.5 Å². The van der Waals surface area contributed by atoms with Crippen molar-refractivity contribution >= 4 is 37.4 Å². The van der Waals surface area contributed by atoms with Crippen LogP contribution in [0.2, 0.25) is 5.02 Å². The number of nitrogens with zero attached hydrogens (tertiary/aromatic N) is 1. The van der Waals surface area contributed by atoms with Crippen LogP contribution in [0.5, 0.6) is 5.75 Å². The zero-order valence-electron chi connectivity index (χ0n) is 13.8. The molecule has 3 rings (SSSR count). The number of halogens is 2. The summed E-state index contributed by atoms with van der Waals surface area (Å²) in [7, 11) is -2.21. The summed E-state index contributed by atoms with van der Waals surface area (Å²) >= 11 is 9.36. The van der Waals surface area contributed by atoms with E-state index in [1.807, 2.05) is 30.3 Å². The zero-order valence-corrected chi connectivity index (χ0v) is 17.0. The molecule has 0 unspecified atom stereocenters. The van der Waals surface area contributed by atoms with E-state index >= 15 is 0 Å². The van der Waals surface area contributed by atoms with Gasteiger partial charge in [0, 0.05) is 27.5 Å². The topological polar surface area (TPSA) is 56.3 Å². The first-order chi connectivity index (χ1) is 12.4. The van der Waals surface area contributed by atoms with Crippen LogP contribution < -0.4 is 4.74 Å². The van der Waals surface area contributed by atoms with E-state index in [0.29, 0.717) is 10.6 Å². The molecule has 0 spiro atoms. The average molecular weight is 453 g/mol. The summed E-state index contributed by atoms with van der Waals surface area (Å²) in [6.45, 7) is 0. The Hall–Kier alpha value is -1.89. The molecule has 2 aromatic carbocycles. The number of hydrogen-bond donors (Lipinski definition) is 0. The fraction of sp³-hybridized carbons (Fsp3) is 0.105. The Morgan fingerprint density at radius 2 is 1.77 bits per heavy atom. The van der Waals surface area contributed by atoms with E-state index in [2.05, 4.69) is 20.9 Å². The Balaban J connectivity index is 1.95. The molecule has 0 aliphatic heterocycles. The van der Waals surface area contributed by atoms with Gasteiger partial charge in [0.25, 0.3) is 0 Å². The first kappa shape index (κ1) is 18.9. The van der Waals surface area contributed by atoms with Gasteiger partial charge in [-0.2, -0.15) is 0 Å². The van der Waals surface area contributed by atoms with Crippen LogP contribution in [0.25, 0.3) is 11.1 Å². The summed E-state index contributed by atoms with van der Waals surface area (Å²) in [5.74, 6) is 0.0765. The van der Waals surface area contributed by atoms with Gasteiger partial charge in [0.2, 0.25) is 0 Å². The lowest BCUT2D eigenvalue weighted by Crippen LogP contribution is -2.07. The Morgan fingerprint density at radius 1 is 1.04 bits per heavy atom. The molecule has 0 amide bonds. The number of pyridine rings is 1. The third-order valence-electron chi connectivity index (χ3n) is 3.79. The SMILES string of the molecule is COc1ccc(Cl)cc1S(=O)(=O)Cc1cncc(-c2ccc(Br)cc2)c1. The predicted molar refractivity (Wildman–Crippen MR) is 106 cm³/mol. The number of hydrogen-bond acceptors (Lipinski definition) is 4. The van der Waals surface area contributed by atoms with Gasteiger partial charge in [-0.15, -0.1) is 0 Å². The van der Waals surface area contributed by atoms with Gasteiger partial charge in [-0.3, -0.25) is 4.98 Å². The number of sulfone groups is 1. The van der Waals surface area contributed by atoms with Crippen molar-refractivity contribution in [2.75, 3.05) is 7.11 Å². The van der Waals surface area contributed by atoms with Gasteiger partial charge in [0.05, 0.1) is 12.9 Å². The predicted octanol–water partition coefficient (Wildman–Crippen LogP) is 5.15. The lowest BCUT2D eigenvalue weighted by molar-refractivity contribution is 0.402. The van der Waals surface area contributed by atoms with Gasteiger partial charge >= 0.3 is 0 Å². The highest BCUT2D eigenvalue weighted by molar-refractivity contribution is 9.10. The second kappa shape index (κ2) is 7.78. The van der Waals surface area contributed by atoms with E-state index in [0.717, 1.165) is 15.6 Å². The van der Waals surface area contributed by atoms with Crippen LogP contribution in [0, 0.1) is 0 Å². The zero-order chi connectivity index (χ0) is 18.7. The molecule has 0 N–H and O–H groups in total. The third kappa shape index (κ3) is 4.26. The molecule has 0 aliphatic carbocycles. The Kier molecular flexibility index (Phi) is 5.65. The fourth-order valence-electron chi connectivity index (χ4n) is 2.56. The Morgan fingerprint density at radius 3 is 2.46 bits per heavy atom. The highest BCUT2D eigenvalue weighted by Crippen LogP contribution is 2.30. The van der Waals surface area contributed by atoms with Crippen LogP contribution in [-0.2, 0) is 15.6 Å². The van der Waals surface area contributed by atoms with Crippen LogP contribution in [0.1, 0.15) is 5.56 Å². The molecule has 0 aliphatic rings. The summed E-state index contributed by atoms with van der Waals surface area (Å²) < 4.78 is 31.9. The molecular formula is C19H15BrClNO3S. The molecule has 0 fully saturated rings. The van der Waals surface area contributed by atoms with Gasteiger partial charge < -0.3 is 4.74 Å². The molecule has 0 saturated heterocycles. The monoisotopic (exact) mass is 451 g/mol. The summed E-state index contributed by atoms with van der Waals surface area (Å²) in [4.78, 5) is 4.26. The molecule has 0 radical (unpaired) electrons. The standard InChI is InChI=1S/C19H15BrClNO3S/c1-25-18-7-6-17(21)9-19(18)26(23,24)12-13-8-15(11-22-10-13)14-2-4-16(20)5-3-14/h2-11H,12H2,1H3. The number of ether oxygens (including phenoxy) is 1. The molecule has 7 heteroatoms. The smallest absolute Gasteiger partial charge is 0.186 e. The largest absolute Gasteiger partial charge is 0.495 e. The summed E-state index contributed by atoms with van der Waals surface area (Å²) in [5, 5.41) is 0.339. The van der Waals surface area contributed by atoms with Gasteiger partial charge in [0.15, 0.2) is 9.84 Å². The van der Waals surface area contributed by atoms with E-state index in [1.165, 1.54) is 13.2 Å². The van der Waals surface area contributed by atoms with Gasteiger partial charge in [-0.1, -0.05) is 39.7 Å². The minimum atomic E-state index is -3.64. The van der Waals surface area contributed by atoms with Crippen LogP contribution in [0.4, 0.5) is 0 Å². The quantitative estimate of drug-likeness (QED) is 0.537. The minimum Gasteiger partial charge on any atom is -0.495 e. The Bertz CT molecular complexity index is 1040. The van der Waals surface area contributed by atoms with Crippen LogP contribution in [0.3, 0.4) is 0 Å². The second-order valence-corrected chi connectivity index (χ2v) is 8.95. The molecule has 1 heterocycles. The van der Waals surface area contributed by atoms with Crippen LogP contribution in [-0.4, -0.2) is 20.5 Å². The summed E-state index contributed by atoms with van der Waals surface area (Å²) in [6.07, 6.45) is 3.26. The molecule has 3 aromatic rings. The second-order valence-electron chi connectivity index (χ2n) is 5.64. The van der Waals surface area contributed by atoms with Crippen molar-refractivity contribution < 1.29 is 13.2 Å². The van der Waals surface area contributed by atoms with E-state index in [4.69, 9.17) is 16.3 Å². The van der Waals surface area contributed by atoms with Gasteiger partial charge in [0.1, 0.15) is 10.6 Å². The molecule has 134 valence electrons. The van der Waals surface area contributed by atoms with E-state index < -0.39 is 9.84 Å². The summed E-state index contributed by atoms with van der Waals surface area (Å²) in [5.41, 5.74) is 2.40. The summed E-state index contributed by atoms with van der Waals surface area (Å²) in [6, 6.07) is 14.1. The average Bonchev–Trinajstić information content (AvgIpc) is 2.62. The van der Waals surface area contributed by atoms with Crippen LogP contribution in [0.15, 0.2) is 70.3 Å². The van der Waals surface area contributed by atoms with Crippen molar-refractivity contribution in [2.24, 2.45) is 0 Å². The van der Waals surface area contributed by atoms with Crippen molar-refractivity contribution in [3.05, 3.63) is 76.0 Å². The Labute approximate surface area is 165 Å². The van der Waals surface area contributed by atoms with Crippen molar-refractivity contribution in [1.82, 2.24) is 4.98 Å². The number of methoxy groups -OCH3 is 1. The minimum absolute atomic E-state index is 0.0709. The number of rotatable bonds is 5. The van der Waals surface area contributed by atoms with Crippen molar-refractivity contribution in [3.8, 4) is 16.9 Å². The molecule has 26 heavy (non-hydrogen) atoms. The molecule has 0 saturated carbocycles. The van der Waals surface area contributed by atoms with Crippen molar-refractivity contribution in [2.45, 2.75) is 10.6 Å². The van der Waals surface area contributed by atoms with E-state index in [-0.39, 0.29) is 16.4 Å². The van der Waals surface area contributed by atoms with E-state index in [9.17, 15) is 8.42 Å². The number of aromatic nitrogens is 1. The molecule has 0 atom stereocenters. The normalized spacial score (nSPS) is 11.3. The van der Waals surface area contributed by atoms with E-state index in [1.54, 1.807) is 24.5 Å². The molecule has 1 aromatic heterocycles. The fourth-order valence-corrected chi connectivity index (χ4v) is 4.58. The first-order valence-corrected chi connectivity index (χ1v) is 10.5. The highest BCUT2D eigenvalue weighted by atomic mass is 79.9. The first-order valence-electron chi connectivity index (χ1n) is 7.65. The van der Waals surface area contributed by atoms with Crippen molar-refractivity contribution in [1.29, 1.82) is 0 Å². The lowest BCUT2D eigenvalue weighted by atomic mass is 10.1. The molecule has 4 nitrogen and oxygen atoms in total. The van der Waals surface area contributed by atoms with Gasteiger partial charge in [-0.05, 0) is 47.5 Å². The maximum atomic E-state index is 12.9. The molecule has 0 bridgehead atoms. The molecular weight excluding hydrogens is 438 g/mol. The third-order valence-corrected chi connectivity index (χ3v) is 6.26. The highest BCUT2D eigenvalue weighted by Gasteiger charge is 2.21. The maximum absolute atomic E-state index is 12.9. The lowest BCUT2D eigenvalue weighted by Gasteiger charge is -2.11. The maximum Gasteiger partial charge on any atom is 0.186 e. The van der Waals surface area contributed by atoms with Crippen molar-refractivity contribution in [3.63, 3.8) is 0 Å². The number of benzene rings is 2.